The van der Waals surface area contributed by atoms with Gasteiger partial charge in [0.25, 0.3) is 0 Å². The highest BCUT2D eigenvalue weighted by molar-refractivity contribution is 7.09. The molecule has 0 bridgehead atoms. The number of nitrogens with zero attached hydrogens (tertiary/aromatic N) is 1. The first-order chi connectivity index (χ1) is 8.72. The molecule has 3 nitrogen and oxygen atoms in total. The van der Waals surface area contributed by atoms with E-state index in [0.29, 0.717) is 5.75 Å². The molecule has 18 heavy (non-hydrogen) atoms. The molecule has 96 valence electrons. The Bertz CT molecular complexity index is 484. The number of aromatic nitrogens is 1. The van der Waals surface area contributed by atoms with Crippen LogP contribution < -0.4 is 5.32 Å². The Morgan fingerprint density at radius 1 is 1.39 bits per heavy atom. The van der Waals surface area contributed by atoms with Crippen molar-refractivity contribution in [1.29, 1.82) is 0 Å². The lowest BCUT2D eigenvalue weighted by Gasteiger charge is -2.22. The average molecular weight is 262 g/mol. The topological polar surface area (TPSA) is 45.2 Å². The summed E-state index contributed by atoms with van der Waals surface area (Å²) in [5.74, 6) is 0.350. The van der Waals surface area contributed by atoms with Gasteiger partial charge in [-0.15, -0.1) is 11.3 Å². The van der Waals surface area contributed by atoms with Gasteiger partial charge >= 0.3 is 0 Å². The number of hydrogen-bond acceptors (Lipinski definition) is 4. The number of aromatic hydroxyl groups is 1. The average Bonchev–Trinajstić information content (AvgIpc) is 2.90. The molecule has 1 aromatic carbocycles. The Hall–Kier alpha value is -1.39. The van der Waals surface area contributed by atoms with E-state index >= 15 is 0 Å². The van der Waals surface area contributed by atoms with Crippen LogP contribution in [0.3, 0.4) is 0 Å². The molecule has 0 aliphatic heterocycles. The van der Waals surface area contributed by atoms with E-state index < -0.39 is 0 Å². The zero-order valence-electron chi connectivity index (χ0n) is 10.6. The number of phenolic OH excluding ortho intramolecular Hbond substituents is 1. The molecule has 0 aliphatic rings. The van der Waals surface area contributed by atoms with Gasteiger partial charge in [0.05, 0.1) is 6.04 Å². The summed E-state index contributed by atoms with van der Waals surface area (Å²) in [5.41, 5.74) is 0.948. The van der Waals surface area contributed by atoms with Gasteiger partial charge in [0, 0.05) is 23.2 Å². The van der Waals surface area contributed by atoms with E-state index in [2.05, 4.69) is 24.1 Å². The summed E-state index contributed by atoms with van der Waals surface area (Å²) in [4.78, 5) is 4.31. The number of hydrogen-bond donors (Lipinski definition) is 2. The highest BCUT2D eigenvalue weighted by Crippen LogP contribution is 2.28. The van der Waals surface area contributed by atoms with Gasteiger partial charge in [0.2, 0.25) is 0 Å². The van der Waals surface area contributed by atoms with Crippen molar-refractivity contribution < 1.29 is 5.11 Å². The Balaban J connectivity index is 2.13. The SMILES string of the molecule is CCC(NC(C)c1nccs1)c1ccccc1O. The fourth-order valence-corrected chi connectivity index (χ4v) is 2.69. The zero-order valence-corrected chi connectivity index (χ0v) is 11.4. The first kappa shape index (κ1) is 13.1. The number of phenols is 1. The number of para-hydroxylation sites is 1. The number of thiazole rings is 1. The third-order valence-corrected chi connectivity index (χ3v) is 3.95. The highest BCUT2D eigenvalue weighted by Gasteiger charge is 2.17. The van der Waals surface area contributed by atoms with Crippen molar-refractivity contribution in [3.8, 4) is 5.75 Å². The quantitative estimate of drug-likeness (QED) is 0.864. The van der Waals surface area contributed by atoms with Gasteiger partial charge in [-0.25, -0.2) is 4.98 Å². The van der Waals surface area contributed by atoms with Crippen molar-refractivity contribution in [2.75, 3.05) is 0 Å². The highest BCUT2D eigenvalue weighted by atomic mass is 32.1. The Morgan fingerprint density at radius 2 is 2.17 bits per heavy atom. The predicted octanol–water partition coefficient (Wildman–Crippen LogP) is 3.65. The van der Waals surface area contributed by atoms with E-state index in [-0.39, 0.29) is 12.1 Å². The molecule has 2 atom stereocenters. The summed E-state index contributed by atoms with van der Waals surface area (Å²) in [6.07, 6.45) is 2.74. The second-order valence-corrected chi connectivity index (χ2v) is 5.20. The van der Waals surface area contributed by atoms with Crippen LogP contribution in [0.15, 0.2) is 35.8 Å². The van der Waals surface area contributed by atoms with Crippen LogP contribution in [0.2, 0.25) is 0 Å². The Kier molecular flexibility index (Phi) is 4.33. The van der Waals surface area contributed by atoms with Gasteiger partial charge in [-0.2, -0.15) is 0 Å². The standard InChI is InChI=1S/C14H18N2OS/c1-3-12(11-6-4-5-7-13(11)17)16-10(2)14-15-8-9-18-14/h4-10,12,16-17H,3H2,1-2H3. The fraction of sp³-hybridized carbons (Fsp3) is 0.357. The molecule has 2 rings (SSSR count). The number of rotatable bonds is 5. The van der Waals surface area contributed by atoms with E-state index in [1.54, 1.807) is 17.4 Å². The van der Waals surface area contributed by atoms with Gasteiger partial charge in [0.15, 0.2) is 0 Å². The van der Waals surface area contributed by atoms with E-state index in [4.69, 9.17) is 0 Å². The molecule has 2 aromatic rings. The van der Waals surface area contributed by atoms with Crippen LogP contribution in [0.5, 0.6) is 5.75 Å². The molecule has 1 aromatic heterocycles. The molecule has 0 saturated heterocycles. The molecule has 0 saturated carbocycles. The second kappa shape index (κ2) is 5.98. The van der Waals surface area contributed by atoms with E-state index in [1.165, 1.54) is 0 Å². The van der Waals surface area contributed by atoms with Crippen LogP contribution in [-0.4, -0.2) is 10.1 Å². The minimum absolute atomic E-state index is 0.144. The molecule has 0 spiro atoms. The minimum Gasteiger partial charge on any atom is -0.508 e. The second-order valence-electron chi connectivity index (χ2n) is 4.28. The van der Waals surface area contributed by atoms with Gasteiger partial charge < -0.3 is 10.4 Å². The number of nitrogens with one attached hydrogen (secondary N) is 1. The number of benzene rings is 1. The van der Waals surface area contributed by atoms with Crippen LogP contribution >= 0.6 is 11.3 Å². The zero-order chi connectivity index (χ0) is 13.0. The molecule has 2 unspecified atom stereocenters. The van der Waals surface area contributed by atoms with Crippen LogP contribution in [0.1, 0.15) is 42.9 Å². The molecule has 0 fully saturated rings. The summed E-state index contributed by atoms with van der Waals surface area (Å²) in [5, 5.41) is 16.5. The lowest BCUT2D eigenvalue weighted by Crippen LogP contribution is -2.24. The van der Waals surface area contributed by atoms with Crippen LogP contribution in [0.4, 0.5) is 0 Å². The molecule has 0 amide bonds. The maximum Gasteiger partial charge on any atom is 0.120 e. The molecule has 0 radical (unpaired) electrons. The predicted molar refractivity (Wildman–Crippen MR) is 74.8 cm³/mol. The smallest absolute Gasteiger partial charge is 0.120 e. The molecular formula is C14H18N2OS. The first-order valence-electron chi connectivity index (χ1n) is 6.15. The normalized spacial score (nSPS) is 14.3. The minimum atomic E-state index is 0.144. The fourth-order valence-electron chi connectivity index (χ4n) is 2.03. The van der Waals surface area contributed by atoms with Crippen LogP contribution in [0.25, 0.3) is 0 Å². The van der Waals surface area contributed by atoms with E-state index in [9.17, 15) is 5.11 Å². The van der Waals surface area contributed by atoms with E-state index in [1.807, 2.05) is 29.8 Å². The van der Waals surface area contributed by atoms with Gasteiger partial charge in [-0.1, -0.05) is 25.1 Å². The maximum absolute atomic E-state index is 9.90. The lowest BCUT2D eigenvalue weighted by atomic mass is 10.0. The van der Waals surface area contributed by atoms with Gasteiger partial charge in [-0.3, -0.25) is 0 Å². The first-order valence-corrected chi connectivity index (χ1v) is 7.03. The summed E-state index contributed by atoms with van der Waals surface area (Å²) in [6, 6.07) is 7.82. The maximum atomic E-state index is 9.90. The summed E-state index contributed by atoms with van der Waals surface area (Å²) in [7, 11) is 0. The van der Waals surface area contributed by atoms with Gasteiger partial charge in [0.1, 0.15) is 10.8 Å². The van der Waals surface area contributed by atoms with Crippen molar-refractivity contribution in [2.45, 2.75) is 32.4 Å². The third-order valence-electron chi connectivity index (χ3n) is 2.99. The van der Waals surface area contributed by atoms with Crippen molar-refractivity contribution in [3.05, 3.63) is 46.4 Å². The largest absolute Gasteiger partial charge is 0.508 e. The van der Waals surface area contributed by atoms with Crippen molar-refractivity contribution in [3.63, 3.8) is 0 Å². The molecule has 4 heteroatoms. The Morgan fingerprint density at radius 3 is 2.78 bits per heavy atom. The molecule has 0 aliphatic carbocycles. The van der Waals surface area contributed by atoms with Gasteiger partial charge in [-0.05, 0) is 19.4 Å². The third kappa shape index (κ3) is 2.89. The molecule has 1 heterocycles. The Labute approximate surface area is 112 Å². The monoisotopic (exact) mass is 262 g/mol. The summed E-state index contributed by atoms with van der Waals surface area (Å²) in [6.45, 7) is 4.21. The van der Waals surface area contributed by atoms with Crippen molar-refractivity contribution in [1.82, 2.24) is 10.3 Å². The summed E-state index contributed by atoms with van der Waals surface area (Å²) < 4.78 is 0. The van der Waals surface area contributed by atoms with E-state index in [0.717, 1.165) is 17.0 Å². The summed E-state index contributed by atoms with van der Waals surface area (Å²) >= 11 is 1.65. The lowest BCUT2D eigenvalue weighted by molar-refractivity contribution is 0.419. The molecular weight excluding hydrogens is 244 g/mol. The van der Waals surface area contributed by atoms with Crippen molar-refractivity contribution >= 4 is 11.3 Å². The van der Waals surface area contributed by atoms with Crippen LogP contribution in [-0.2, 0) is 0 Å². The molecule has 2 N–H and O–H groups in total. The van der Waals surface area contributed by atoms with Crippen LogP contribution in [0, 0.1) is 0 Å². The van der Waals surface area contributed by atoms with Crippen molar-refractivity contribution in [2.24, 2.45) is 0 Å².